The second kappa shape index (κ2) is 5.79. The Morgan fingerprint density at radius 2 is 1.90 bits per heavy atom. The van der Waals surface area contributed by atoms with Crippen LogP contribution in [-0.4, -0.2) is 14.7 Å². The number of imidazole rings is 1. The Balaban J connectivity index is 1.78. The van der Waals surface area contributed by atoms with E-state index in [2.05, 4.69) is 4.98 Å². The van der Waals surface area contributed by atoms with Crippen molar-refractivity contribution in [1.82, 2.24) is 9.55 Å². The van der Waals surface area contributed by atoms with Gasteiger partial charge in [0.05, 0.1) is 18.2 Å². The number of aromatic nitrogens is 2. The highest BCUT2D eigenvalue weighted by atomic mass is 19.1. The number of halogens is 1. The molecule has 3 rings (SSSR count). The van der Waals surface area contributed by atoms with Gasteiger partial charge in [0.15, 0.2) is 0 Å². The van der Waals surface area contributed by atoms with Crippen LogP contribution in [0.2, 0.25) is 0 Å². The fourth-order valence-corrected chi connectivity index (χ4v) is 2.31. The molecule has 0 fully saturated rings. The lowest BCUT2D eigenvalue weighted by Crippen LogP contribution is -2.02. The molecule has 106 valence electrons. The van der Waals surface area contributed by atoms with Crippen LogP contribution in [0.5, 0.6) is 5.75 Å². The maximum Gasteiger partial charge on any atom is 0.123 e. The molecule has 0 atom stereocenters. The van der Waals surface area contributed by atoms with Crippen molar-refractivity contribution >= 4 is 0 Å². The van der Waals surface area contributed by atoms with Crippen LogP contribution < -0.4 is 0 Å². The molecular weight excluding hydrogens is 267 g/mol. The Morgan fingerprint density at radius 1 is 1.10 bits per heavy atom. The molecule has 2 aromatic carbocycles. The van der Waals surface area contributed by atoms with Crippen LogP contribution in [0.3, 0.4) is 0 Å². The molecule has 1 heterocycles. The zero-order chi connectivity index (χ0) is 14.7. The fourth-order valence-electron chi connectivity index (χ4n) is 2.31. The van der Waals surface area contributed by atoms with Gasteiger partial charge in [0.1, 0.15) is 11.6 Å². The van der Waals surface area contributed by atoms with E-state index in [4.69, 9.17) is 0 Å². The van der Waals surface area contributed by atoms with Gasteiger partial charge in [-0.1, -0.05) is 12.1 Å². The Bertz CT molecular complexity index is 735. The minimum atomic E-state index is -0.211. The van der Waals surface area contributed by atoms with E-state index in [1.165, 1.54) is 6.07 Å². The maximum absolute atomic E-state index is 13.2. The molecule has 0 aliphatic heterocycles. The standard InChI is InChI=1S/C17H15FN2O/c18-15-3-1-2-13(10-15)8-9-20-12-19-11-17(20)14-4-6-16(21)7-5-14/h1-7,10-12,21H,8-9H2. The first-order valence-corrected chi connectivity index (χ1v) is 6.76. The van der Waals surface area contributed by atoms with Gasteiger partial charge in [-0.2, -0.15) is 0 Å². The fraction of sp³-hybridized carbons (Fsp3) is 0.118. The molecule has 0 saturated carbocycles. The van der Waals surface area contributed by atoms with E-state index in [0.29, 0.717) is 0 Å². The van der Waals surface area contributed by atoms with Crippen LogP contribution in [0, 0.1) is 5.82 Å². The lowest BCUT2D eigenvalue weighted by molar-refractivity contribution is 0.475. The summed E-state index contributed by atoms with van der Waals surface area (Å²) in [7, 11) is 0. The number of aromatic hydroxyl groups is 1. The lowest BCUT2D eigenvalue weighted by atomic mass is 10.1. The summed E-state index contributed by atoms with van der Waals surface area (Å²) in [5.41, 5.74) is 2.93. The van der Waals surface area contributed by atoms with Crippen molar-refractivity contribution in [2.75, 3.05) is 0 Å². The Kier molecular flexibility index (Phi) is 3.69. The first-order valence-electron chi connectivity index (χ1n) is 6.76. The third-order valence-electron chi connectivity index (χ3n) is 3.41. The van der Waals surface area contributed by atoms with E-state index in [9.17, 15) is 9.50 Å². The Morgan fingerprint density at radius 3 is 2.67 bits per heavy atom. The summed E-state index contributed by atoms with van der Waals surface area (Å²) in [4.78, 5) is 4.18. The highest BCUT2D eigenvalue weighted by Gasteiger charge is 2.05. The van der Waals surface area contributed by atoms with Gasteiger partial charge in [-0.3, -0.25) is 0 Å². The molecule has 1 N–H and O–H groups in total. The number of hydrogen-bond donors (Lipinski definition) is 1. The lowest BCUT2D eigenvalue weighted by Gasteiger charge is -2.08. The van der Waals surface area contributed by atoms with E-state index < -0.39 is 0 Å². The second-order valence-corrected chi connectivity index (χ2v) is 4.90. The number of rotatable bonds is 4. The normalized spacial score (nSPS) is 10.7. The van der Waals surface area contributed by atoms with Crippen LogP contribution in [-0.2, 0) is 13.0 Å². The first-order chi connectivity index (χ1) is 10.2. The van der Waals surface area contributed by atoms with Gasteiger partial charge in [0.2, 0.25) is 0 Å². The number of nitrogens with zero attached hydrogens (tertiary/aromatic N) is 2. The SMILES string of the molecule is Oc1ccc(-c2cncn2CCc2cccc(F)c2)cc1. The topological polar surface area (TPSA) is 38.1 Å². The van der Waals surface area contributed by atoms with Crippen molar-refractivity contribution in [3.63, 3.8) is 0 Å². The Hall–Kier alpha value is -2.62. The number of aryl methyl sites for hydroxylation is 2. The van der Waals surface area contributed by atoms with Gasteiger partial charge in [0, 0.05) is 12.1 Å². The summed E-state index contributed by atoms with van der Waals surface area (Å²) in [5, 5.41) is 9.34. The third kappa shape index (κ3) is 3.11. The molecule has 0 saturated heterocycles. The molecule has 0 radical (unpaired) electrons. The molecule has 0 bridgehead atoms. The van der Waals surface area contributed by atoms with Crippen LogP contribution >= 0.6 is 0 Å². The first kappa shape index (κ1) is 13.4. The second-order valence-electron chi connectivity index (χ2n) is 4.90. The van der Waals surface area contributed by atoms with Gasteiger partial charge < -0.3 is 9.67 Å². The number of phenols is 1. The third-order valence-corrected chi connectivity index (χ3v) is 3.41. The minimum Gasteiger partial charge on any atom is -0.508 e. The zero-order valence-electron chi connectivity index (χ0n) is 11.4. The van der Waals surface area contributed by atoms with Crippen LogP contribution in [0.25, 0.3) is 11.3 Å². The van der Waals surface area contributed by atoms with Crippen molar-refractivity contribution in [2.24, 2.45) is 0 Å². The average molecular weight is 282 g/mol. The number of hydrogen-bond acceptors (Lipinski definition) is 2. The van der Waals surface area contributed by atoms with Gasteiger partial charge in [-0.15, -0.1) is 0 Å². The molecule has 0 aliphatic carbocycles. The van der Waals surface area contributed by atoms with Crippen molar-refractivity contribution in [3.8, 4) is 17.0 Å². The summed E-state index contributed by atoms with van der Waals surface area (Å²) < 4.78 is 15.2. The molecular formula is C17H15FN2O. The van der Waals surface area contributed by atoms with Gasteiger partial charge >= 0.3 is 0 Å². The summed E-state index contributed by atoms with van der Waals surface area (Å²) in [6.45, 7) is 0.722. The smallest absolute Gasteiger partial charge is 0.123 e. The van der Waals surface area contributed by atoms with E-state index in [-0.39, 0.29) is 11.6 Å². The largest absolute Gasteiger partial charge is 0.508 e. The monoisotopic (exact) mass is 282 g/mol. The molecule has 0 spiro atoms. The summed E-state index contributed by atoms with van der Waals surface area (Å²) in [6.07, 6.45) is 4.29. The molecule has 3 aromatic rings. The quantitative estimate of drug-likeness (QED) is 0.793. The van der Waals surface area contributed by atoms with Gasteiger partial charge in [-0.25, -0.2) is 9.37 Å². The Labute approximate surface area is 122 Å². The molecule has 0 amide bonds. The van der Waals surface area contributed by atoms with Crippen LogP contribution in [0.1, 0.15) is 5.56 Å². The molecule has 21 heavy (non-hydrogen) atoms. The molecule has 1 aromatic heterocycles. The molecule has 3 nitrogen and oxygen atoms in total. The summed E-state index contributed by atoms with van der Waals surface area (Å²) in [5.74, 6) is 0.0291. The molecule has 4 heteroatoms. The summed E-state index contributed by atoms with van der Waals surface area (Å²) >= 11 is 0. The molecule has 0 unspecified atom stereocenters. The summed E-state index contributed by atoms with van der Waals surface area (Å²) in [6, 6.07) is 13.6. The van der Waals surface area contributed by atoms with Crippen LogP contribution in [0.15, 0.2) is 61.1 Å². The number of phenolic OH excluding ortho intramolecular Hbond substituents is 1. The van der Waals surface area contributed by atoms with Crippen LogP contribution in [0.4, 0.5) is 4.39 Å². The highest BCUT2D eigenvalue weighted by molar-refractivity contribution is 5.59. The zero-order valence-corrected chi connectivity index (χ0v) is 11.4. The van der Waals surface area contributed by atoms with E-state index >= 15 is 0 Å². The minimum absolute atomic E-state index is 0.211. The predicted octanol–water partition coefficient (Wildman–Crippen LogP) is 3.64. The highest BCUT2D eigenvalue weighted by Crippen LogP contribution is 2.22. The van der Waals surface area contributed by atoms with Crippen molar-refractivity contribution in [1.29, 1.82) is 0 Å². The maximum atomic E-state index is 13.2. The van der Waals surface area contributed by atoms with Gasteiger partial charge in [0.25, 0.3) is 0 Å². The van der Waals surface area contributed by atoms with E-state index in [1.807, 2.05) is 22.8 Å². The van der Waals surface area contributed by atoms with Crippen molar-refractivity contribution < 1.29 is 9.50 Å². The van der Waals surface area contributed by atoms with Gasteiger partial charge in [-0.05, 0) is 48.4 Å². The number of benzene rings is 2. The van der Waals surface area contributed by atoms with Crippen molar-refractivity contribution in [2.45, 2.75) is 13.0 Å². The van der Waals surface area contributed by atoms with E-state index in [1.54, 1.807) is 36.8 Å². The average Bonchev–Trinajstić information content (AvgIpc) is 2.94. The molecule has 0 aliphatic rings. The van der Waals surface area contributed by atoms with Crippen molar-refractivity contribution in [3.05, 3.63) is 72.4 Å². The predicted molar refractivity (Wildman–Crippen MR) is 79.4 cm³/mol. The van der Waals surface area contributed by atoms with E-state index in [0.717, 1.165) is 29.8 Å².